The van der Waals surface area contributed by atoms with Gasteiger partial charge in [0.1, 0.15) is 11.7 Å². The van der Waals surface area contributed by atoms with Crippen LogP contribution in [0.25, 0.3) is 0 Å². The molecular formula is C27H35N5O2. The first kappa shape index (κ1) is 21.1. The summed E-state index contributed by atoms with van der Waals surface area (Å²) in [4.78, 5) is 30.1. The van der Waals surface area contributed by atoms with Crippen LogP contribution in [0.5, 0.6) is 0 Å². The van der Waals surface area contributed by atoms with Crippen molar-refractivity contribution in [1.82, 2.24) is 26.0 Å². The van der Waals surface area contributed by atoms with Gasteiger partial charge in [-0.25, -0.2) is 0 Å². The maximum Gasteiger partial charge on any atom is 0.244 e. The highest BCUT2D eigenvalue weighted by molar-refractivity contribution is 5.92. The SMILES string of the molecule is O=C(C1CC1)N1CC[C@@H](CN2C(=O)C3(CC3)NC2C2=CCC(C3=CC=CC4NNCC34)C=C2)C1. The van der Waals surface area contributed by atoms with E-state index in [0.29, 0.717) is 29.7 Å². The lowest BCUT2D eigenvalue weighted by Crippen LogP contribution is -2.42. The Balaban J connectivity index is 1.05. The van der Waals surface area contributed by atoms with E-state index in [2.05, 4.69) is 62.4 Å². The zero-order valence-corrected chi connectivity index (χ0v) is 19.7. The first-order valence-electron chi connectivity index (χ1n) is 13.2. The van der Waals surface area contributed by atoms with Gasteiger partial charge in [0.2, 0.25) is 11.8 Å². The number of carbonyl (C=O) groups excluding carboxylic acids is 2. The fraction of sp³-hybridized carbons (Fsp3) is 0.630. The number of fused-ring (bicyclic) bond motifs is 1. The van der Waals surface area contributed by atoms with Gasteiger partial charge in [-0.2, -0.15) is 0 Å². The molecule has 0 radical (unpaired) electrons. The summed E-state index contributed by atoms with van der Waals surface area (Å²) in [5, 5.41) is 3.71. The molecule has 0 aromatic rings. The van der Waals surface area contributed by atoms with Crippen molar-refractivity contribution in [1.29, 1.82) is 0 Å². The molecule has 180 valence electrons. The van der Waals surface area contributed by atoms with Gasteiger partial charge in [-0.05, 0) is 50.0 Å². The second-order valence-electron chi connectivity index (χ2n) is 11.4. The van der Waals surface area contributed by atoms with Crippen molar-refractivity contribution in [2.75, 3.05) is 26.2 Å². The van der Waals surface area contributed by atoms with Crippen molar-refractivity contribution in [3.63, 3.8) is 0 Å². The number of nitrogens with one attached hydrogen (secondary N) is 3. The lowest BCUT2D eigenvalue weighted by molar-refractivity contribution is -0.131. The van der Waals surface area contributed by atoms with Gasteiger partial charge in [0.25, 0.3) is 0 Å². The Morgan fingerprint density at radius 2 is 2.06 bits per heavy atom. The summed E-state index contributed by atoms with van der Waals surface area (Å²) in [6, 6.07) is 0.385. The Labute approximate surface area is 201 Å². The first-order chi connectivity index (χ1) is 16.6. The maximum absolute atomic E-state index is 13.4. The molecule has 5 atom stereocenters. The Hall–Kier alpha value is -2.22. The van der Waals surface area contributed by atoms with Crippen LogP contribution in [0, 0.1) is 23.7 Å². The molecule has 7 nitrogen and oxygen atoms in total. The van der Waals surface area contributed by atoms with Crippen LogP contribution in [0.15, 0.2) is 47.6 Å². The van der Waals surface area contributed by atoms with Crippen LogP contribution in [-0.2, 0) is 9.59 Å². The van der Waals surface area contributed by atoms with Crippen molar-refractivity contribution >= 4 is 11.8 Å². The lowest BCUT2D eigenvalue weighted by atomic mass is 9.78. The van der Waals surface area contributed by atoms with Crippen LogP contribution >= 0.6 is 0 Å². The minimum atomic E-state index is -0.330. The quantitative estimate of drug-likeness (QED) is 0.580. The molecule has 3 aliphatic heterocycles. The molecule has 7 rings (SSSR count). The number of rotatable bonds is 5. The van der Waals surface area contributed by atoms with E-state index in [9.17, 15) is 9.59 Å². The van der Waals surface area contributed by atoms with Gasteiger partial charge >= 0.3 is 0 Å². The zero-order chi connectivity index (χ0) is 22.9. The number of nitrogens with zero attached hydrogens (tertiary/aromatic N) is 2. The maximum atomic E-state index is 13.4. The molecule has 0 bridgehead atoms. The number of likely N-dealkylation sites (tertiary alicyclic amines) is 1. The number of hydrogen-bond donors (Lipinski definition) is 3. The average molecular weight is 462 g/mol. The van der Waals surface area contributed by atoms with Crippen LogP contribution in [0.1, 0.15) is 38.5 Å². The molecule has 5 fully saturated rings. The minimum Gasteiger partial charge on any atom is -0.342 e. The Bertz CT molecular complexity index is 1020. The van der Waals surface area contributed by atoms with E-state index in [4.69, 9.17) is 0 Å². The van der Waals surface area contributed by atoms with Gasteiger partial charge in [-0.1, -0.05) is 42.0 Å². The third-order valence-electron chi connectivity index (χ3n) is 9.06. The van der Waals surface area contributed by atoms with Crippen molar-refractivity contribution < 1.29 is 9.59 Å². The van der Waals surface area contributed by atoms with Gasteiger partial charge in [-0.15, -0.1) is 0 Å². The molecule has 1 spiro atoms. The molecule has 7 heteroatoms. The predicted molar refractivity (Wildman–Crippen MR) is 129 cm³/mol. The second kappa shape index (κ2) is 7.90. The highest BCUT2D eigenvalue weighted by atomic mass is 16.2. The summed E-state index contributed by atoms with van der Waals surface area (Å²) >= 11 is 0. The summed E-state index contributed by atoms with van der Waals surface area (Å²) in [5.74, 6) is 2.20. The number of hydrogen-bond acceptors (Lipinski definition) is 5. The monoisotopic (exact) mass is 461 g/mol. The fourth-order valence-electron chi connectivity index (χ4n) is 6.69. The van der Waals surface area contributed by atoms with Crippen LogP contribution in [0.4, 0.5) is 0 Å². The summed E-state index contributed by atoms with van der Waals surface area (Å²) in [5.41, 5.74) is 9.06. The third kappa shape index (κ3) is 3.51. The molecule has 3 heterocycles. The lowest BCUT2D eigenvalue weighted by Gasteiger charge is -2.31. The topological polar surface area (TPSA) is 76.7 Å². The summed E-state index contributed by atoms with van der Waals surface area (Å²) in [6.07, 6.45) is 19.6. The van der Waals surface area contributed by atoms with E-state index in [1.165, 1.54) is 11.1 Å². The van der Waals surface area contributed by atoms with E-state index in [1.807, 2.05) is 0 Å². The van der Waals surface area contributed by atoms with Gasteiger partial charge in [0.05, 0.1) is 0 Å². The van der Waals surface area contributed by atoms with E-state index < -0.39 is 0 Å². The normalized spacial score (nSPS) is 37.9. The van der Waals surface area contributed by atoms with Crippen LogP contribution < -0.4 is 16.2 Å². The number of carbonyl (C=O) groups is 2. The van der Waals surface area contributed by atoms with E-state index >= 15 is 0 Å². The van der Waals surface area contributed by atoms with E-state index in [0.717, 1.165) is 64.7 Å². The van der Waals surface area contributed by atoms with Crippen molar-refractivity contribution in [2.45, 2.75) is 56.3 Å². The molecule has 3 N–H and O–H groups in total. The Kier molecular flexibility index (Phi) is 4.90. The molecule has 3 saturated heterocycles. The highest BCUT2D eigenvalue weighted by Gasteiger charge is 2.59. The molecule has 0 aromatic carbocycles. The van der Waals surface area contributed by atoms with Crippen molar-refractivity contribution in [3.05, 3.63) is 47.6 Å². The Morgan fingerprint density at radius 3 is 2.82 bits per heavy atom. The highest BCUT2D eigenvalue weighted by Crippen LogP contribution is 2.45. The van der Waals surface area contributed by atoms with Gasteiger partial charge in [0.15, 0.2) is 0 Å². The molecular weight excluding hydrogens is 426 g/mol. The van der Waals surface area contributed by atoms with Gasteiger partial charge in [0, 0.05) is 50.0 Å². The predicted octanol–water partition coefficient (Wildman–Crippen LogP) is 1.63. The van der Waals surface area contributed by atoms with Crippen LogP contribution in [0.2, 0.25) is 0 Å². The van der Waals surface area contributed by atoms with Crippen molar-refractivity contribution in [2.24, 2.45) is 23.7 Å². The molecule has 34 heavy (non-hydrogen) atoms. The van der Waals surface area contributed by atoms with Gasteiger partial charge in [-0.3, -0.25) is 25.8 Å². The third-order valence-corrected chi connectivity index (χ3v) is 9.06. The standard InChI is InChI=1S/C27H35N5O2/c33-25(20-8-9-20)31-13-10-17(15-31)16-32-24(29-27(11-12-27)26(32)34)19-6-4-18(5-7-19)21-2-1-3-23-22(21)14-28-30-23/h1-4,6-7,17-18,20,22-24,28-30H,5,8-16H2/t17-,18?,22?,23?,24?/m1/s1. The van der Waals surface area contributed by atoms with Crippen LogP contribution in [0.3, 0.4) is 0 Å². The molecule has 7 aliphatic rings. The first-order valence-corrected chi connectivity index (χ1v) is 13.2. The van der Waals surface area contributed by atoms with Gasteiger partial charge < -0.3 is 9.80 Å². The van der Waals surface area contributed by atoms with E-state index in [1.54, 1.807) is 0 Å². The summed E-state index contributed by atoms with van der Waals surface area (Å²) in [7, 11) is 0. The molecule has 4 aliphatic carbocycles. The smallest absolute Gasteiger partial charge is 0.244 e. The molecule has 4 unspecified atom stereocenters. The molecule has 2 amide bonds. The zero-order valence-electron chi connectivity index (χ0n) is 19.7. The Morgan fingerprint density at radius 1 is 1.18 bits per heavy atom. The minimum absolute atomic E-state index is 0.0387. The van der Waals surface area contributed by atoms with Crippen molar-refractivity contribution in [3.8, 4) is 0 Å². The molecule has 0 aromatic heterocycles. The van der Waals surface area contributed by atoms with E-state index in [-0.39, 0.29) is 23.5 Å². The van der Waals surface area contributed by atoms with Crippen LogP contribution in [-0.4, -0.2) is 65.5 Å². The molecule has 2 saturated carbocycles. The number of allylic oxidation sites excluding steroid dienone is 4. The average Bonchev–Trinajstić information content (AvgIpc) is 3.74. The second-order valence-corrected chi connectivity index (χ2v) is 11.4. The summed E-state index contributed by atoms with van der Waals surface area (Å²) in [6.45, 7) is 3.38. The fourth-order valence-corrected chi connectivity index (χ4v) is 6.69. The number of hydrazine groups is 1. The summed E-state index contributed by atoms with van der Waals surface area (Å²) < 4.78 is 0. The number of amides is 2. The largest absolute Gasteiger partial charge is 0.342 e.